The van der Waals surface area contributed by atoms with Gasteiger partial charge in [0.15, 0.2) is 5.76 Å². The molecule has 0 bridgehead atoms. The lowest BCUT2D eigenvalue weighted by atomic mass is 10.1. The van der Waals surface area contributed by atoms with E-state index >= 15 is 0 Å². The van der Waals surface area contributed by atoms with Crippen LogP contribution in [0.25, 0.3) is 11.3 Å². The molecular formula is C14H15NO7S. The standard InChI is InChI=1S/C14H15NO7S/c1-8(16)21-13-11(17)12(22-14(13)15-23(3,18)19)9-4-6-10(20-2)7-5-9/h4-7,15,17H,1-3H3. The molecule has 0 radical (unpaired) electrons. The topological polar surface area (TPSA) is 115 Å². The van der Waals surface area contributed by atoms with Crippen LogP contribution in [-0.4, -0.2) is 32.9 Å². The number of methoxy groups -OCH3 is 1. The summed E-state index contributed by atoms with van der Waals surface area (Å²) < 4.78 is 40.0. The van der Waals surface area contributed by atoms with E-state index in [-0.39, 0.29) is 11.6 Å². The Balaban J connectivity index is 2.53. The number of aromatic hydroxyl groups is 1. The van der Waals surface area contributed by atoms with Gasteiger partial charge in [0.25, 0.3) is 5.88 Å². The zero-order valence-electron chi connectivity index (χ0n) is 12.6. The number of nitrogens with one attached hydrogen (secondary N) is 1. The van der Waals surface area contributed by atoms with E-state index in [4.69, 9.17) is 13.9 Å². The Morgan fingerprint density at radius 3 is 2.35 bits per heavy atom. The van der Waals surface area contributed by atoms with Crippen molar-refractivity contribution in [3.63, 3.8) is 0 Å². The molecule has 2 N–H and O–H groups in total. The molecule has 0 aliphatic heterocycles. The Bertz CT molecular complexity index is 822. The molecule has 0 saturated heterocycles. The predicted octanol–water partition coefficient (Wildman–Crippen LogP) is 1.96. The van der Waals surface area contributed by atoms with E-state index in [1.165, 1.54) is 7.11 Å². The zero-order chi connectivity index (χ0) is 17.2. The highest BCUT2D eigenvalue weighted by Gasteiger charge is 2.26. The van der Waals surface area contributed by atoms with Crippen molar-refractivity contribution in [1.29, 1.82) is 0 Å². The molecule has 1 heterocycles. The van der Waals surface area contributed by atoms with Gasteiger partial charge < -0.3 is 19.0 Å². The number of benzene rings is 1. The van der Waals surface area contributed by atoms with Crippen molar-refractivity contribution in [2.24, 2.45) is 0 Å². The second kappa shape index (κ2) is 6.21. The molecule has 0 amide bonds. The monoisotopic (exact) mass is 341 g/mol. The second-order valence-electron chi connectivity index (χ2n) is 4.63. The first-order valence-electron chi connectivity index (χ1n) is 6.37. The van der Waals surface area contributed by atoms with Crippen LogP contribution in [0.2, 0.25) is 0 Å². The third-order valence-corrected chi connectivity index (χ3v) is 3.27. The number of carbonyl (C=O) groups excluding carboxylic acids is 1. The molecule has 0 atom stereocenters. The van der Waals surface area contributed by atoms with Crippen molar-refractivity contribution in [1.82, 2.24) is 0 Å². The van der Waals surface area contributed by atoms with Crippen LogP contribution in [0.15, 0.2) is 28.7 Å². The highest BCUT2D eigenvalue weighted by Crippen LogP contribution is 2.46. The number of esters is 1. The van der Waals surface area contributed by atoms with Crippen LogP contribution in [0.4, 0.5) is 5.88 Å². The molecule has 0 saturated carbocycles. The first-order chi connectivity index (χ1) is 10.7. The van der Waals surface area contributed by atoms with Gasteiger partial charge >= 0.3 is 5.97 Å². The third kappa shape index (κ3) is 3.95. The lowest BCUT2D eigenvalue weighted by molar-refractivity contribution is -0.131. The van der Waals surface area contributed by atoms with Crippen LogP contribution in [0.3, 0.4) is 0 Å². The average Bonchev–Trinajstić information content (AvgIpc) is 2.74. The minimum atomic E-state index is -3.70. The lowest BCUT2D eigenvalue weighted by Gasteiger charge is -2.02. The Morgan fingerprint density at radius 1 is 1.26 bits per heavy atom. The van der Waals surface area contributed by atoms with E-state index < -0.39 is 27.5 Å². The zero-order valence-corrected chi connectivity index (χ0v) is 13.4. The molecule has 0 aliphatic carbocycles. The van der Waals surface area contributed by atoms with Crippen LogP contribution in [-0.2, 0) is 14.8 Å². The molecule has 0 unspecified atom stereocenters. The minimum absolute atomic E-state index is 0.0462. The van der Waals surface area contributed by atoms with Gasteiger partial charge in [-0.1, -0.05) is 0 Å². The van der Waals surface area contributed by atoms with Crippen molar-refractivity contribution in [3.8, 4) is 28.6 Å². The SMILES string of the molecule is COc1ccc(-c2oc(NS(C)(=O)=O)c(OC(C)=O)c2O)cc1. The van der Waals surface area contributed by atoms with Gasteiger partial charge in [-0.05, 0) is 24.3 Å². The summed E-state index contributed by atoms with van der Waals surface area (Å²) in [5, 5.41) is 10.2. The van der Waals surface area contributed by atoms with Gasteiger partial charge in [0.2, 0.25) is 21.5 Å². The fourth-order valence-electron chi connectivity index (χ4n) is 1.82. The summed E-state index contributed by atoms with van der Waals surface area (Å²) in [4.78, 5) is 11.1. The highest BCUT2D eigenvalue weighted by molar-refractivity contribution is 7.92. The number of rotatable bonds is 5. The smallest absolute Gasteiger partial charge is 0.308 e. The van der Waals surface area contributed by atoms with Crippen LogP contribution >= 0.6 is 0 Å². The summed E-state index contributed by atoms with van der Waals surface area (Å²) in [6.45, 7) is 1.11. The van der Waals surface area contributed by atoms with Gasteiger partial charge in [0, 0.05) is 12.5 Å². The molecule has 2 rings (SSSR count). The van der Waals surface area contributed by atoms with E-state index in [1.807, 2.05) is 0 Å². The van der Waals surface area contributed by atoms with E-state index in [9.17, 15) is 18.3 Å². The lowest BCUT2D eigenvalue weighted by Crippen LogP contribution is -2.11. The predicted molar refractivity (Wildman–Crippen MR) is 82.1 cm³/mol. The minimum Gasteiger partial charge on any atom is -0.502 e. The summed E-state index contributed by atoms with van der Waals surface area (Å²) in [7, 11) is -2.19. The molecule has 124 valence electrons. The molecule has 2 aromatic rings. The van der Waals surface area contributed by atoms with Gasteiger partial charge in [-0.2, -0.15) is 0 Å². The first-order valence-corrected chi connectivity index (χ1v) is 8.27. The maximum atomic E-state index is 11.4. The molecule has 23 heavy (non-hydrogen) atoms. The Morgan fingerprint density at radius 2 is 1.87 bits per heavy atom. The number of sulfonamides is 1. The summed E-state index contributed by atoms with van der Waals surface area (Å²) in [6, 6.07) is 6.46. The first kappa shape index (κ1) is 16.7. The number of hydrogen-bond donors (Lipinski definition) is 2. The molecule has 0 spiro atoms. The molecular weight excluding hydrogens is 326 g/mol. The van der Waals surface area contributed by atoms with Gasteiger partial charge in [0.1, 0.15) is 5.75 Å². The van der Waals surface area contributed by atoms with Crippen LogP contribution in [0.5, 0.6) is 17.2 Å². The maximum absolute atomic E-state index is 11.4. The van der Waals surface area contributed by atoms with Crippen LogP contribution in [0, 0.1) is 0 Å². The number of anilines is 1. The number of furan rings is 1. The van der Waals surface area contributed by atoms with E-state index in [0.29, 0.717) is 11.3 Å². The average molecular weight is 341 g/mol. The molecule has 9 heteroatoms. The quantitative estimate of drug-likeness (QED) is 0.799. The van der Waals surface area contributed by atoms with Gasteiger partial charge in [-0.3, -0.25) is 9.52 Å². The van der Waals surface area contributed by atoms with Crippen LogP contribution in [0.1, 0.15) is 6.92 Å². The number of carbonyl (C=O) groups is 1. The largest absolute Gasteiger partial charge is 0.502 e. The Kier molecular flexibility index (Phi) is 4.50. The molecule has 1 aromatic heterocycles. The van der Waals surface area contributed by atoms with Crippen molar-refractivity contribution in [3.05, 3.63) is 24.3 Å². The fraction of sp³-hybridized carbons (Fsp3) is 0.214. The van der Waals surface area contributed by atoms with Gasteiger partial charge in [-0.25, -0.2) is 8.42 Å². The van der Waals surface area contributed by atoms with E-state index in [1.54, 1.807) is 24.3 Å². The van der Waals surface area contributed by atoms with Crippen molar-refractivity contribution in [2.75, 3.05) is 18.1 Å². The van der Waals surface area contributed by atoms with E-state index in [0.717, 1.165) is 13.2 Å². The summed E-state index contributed by atoms with van der Waals surface area (Å²) in [6.07, 6.45) is 0.900. The maximum Gasteiger partial charge on any atom is 0.308 e. The molecule has 1 aromatic carbocycles. The van der Waals surface area contributed by atoms with Crippen molar-refractivity contribution in [2.45, 2.75) is 6.92 Å². The normalized spacial score (nSPS) is 11.1. The van der Waals surface area contributed by atoms with Crippen LogP contribution < -0.4 is 14.2 Å². The van der Waals surface area contributed by atoms with Crippen molar-refractivity contribution >= 4 is 21.9 Å². The molecule has 0 aliphatic rings. The summed E-state index contributed by atoms with van der Waals surface area (Å²) in [5.41, 5.74) is 0.443. The number of ether oxygens (including phenoxy) is 2. The summed E-state index contributed by atoms with van der Waals surface area (Å²) in [5.74, 6) is -1.46. The number of hydrogen-bond acceptors (Lipinski definition) is 7. The van der Waals surface area contributed by atoms with Gasteiger partial charge in [0.05, 0.1) is 13.4 Å². The van der Waals surface area contributed by atoms with Gasteiger partial charge in [-0.15, -0.1) is 0 Å². The molecule has 0 fully saturated rings. The van der Waals surface area contributed by atoms with Crippen molar-refractivity contribution < 1.29 is 32.2 Å². The highest BCUT2D eigenvalue weighted by atomic mass is 32.2. The Hall–Kier alpha value is -2.68. The third-order valence-electron chi connectivity index (χ3n) is 2.72. The van der Waals surface area contributed by atoms with E-state index in [2.05, 4.69) is 4.72 Å². The second-order valence-corrected chi connectivity index (χ2v) is 6.38. The molecule has 8 nitrogen and oxygen atoms in total. The fourth-order valence-corrected chi connectivity index (χ4v) is 2.29. The summed E-state index contributed by atoms with van der Waals surface area (Å²) >= 11 is 0. The Labute approximate surface area is 132 Å².